The van der Waals surface area contributed by atoms with E-state index in [0.29, 0.717) is 6.54 Å². The third-order valence-corrected chi connectivity index (χ3v) is 2.11. The van der Waals surface area contributed by atoms with Crippen LogP contribution in [-0.2, 0) is 6.54 Å². The fourth-order valence-corrected chi connectivity index (χ4v) is 1.24. The standard InChI is InChI=1S/C8H10BrNO/c1-11-8-4-6(5-10)2-3-7(8)9/h2-4H,5,10H2,1H3. The molecule has 0 spiro atoms. The second-order valence-electron chi connectivity index (χ2n) is 2.17. The van der Waals surface area contributed by atoms with Gasteiger partial charge in [0.05, 0.1) is 11.6 Å². The van der Waals surface area contributed by atoms with Crippen molar-refractivity contribution in [2.75, 3.05) is 7.11 Å². The SMILES string of the molecule is COc1cc(CN)ccc1Br. The van der Waals surface area contributed by atoms with E-state index in [0.717, 1.165) is 15.8 Å². The molecule has 0 amide bonds. The molecule has 0 radical (unpaired) electrons. The van der Waals surface area contributed by atoms with Gasteiger partial charge in [0.2, 0.25) is 0 Å². The molecule has 0 bridgehead atoms. The number of benzene rings is 1. The van der Waals surface area contributed by atoms with Crippen molar-refractivity contribution in [2.24, 2.45) is 5.73 Å². The van der Waals surface area contributed by atoms with Gasteiger partial charge in [-0.3, -0.25) is 0 Å². The summed E-state index contributed by atoms with van der Waals surface area (Å²) in [5.74, 6) is 0.827. The Balaban J connectivity index is 3.02. The summed E-state index contributed by atoms with van der Waals surface area (Å²) < 4.78 is 6.04. The molecule has 1 aromatic carbocycles. The monoisotopic (exact) mass is 215 g/mol. The Bertz CT molecular complexity index is 250. The maximum atomic E-state index is 5.45. The van der Waals surface area contributed by atoms with Crippen LogP contribution in [0.25, 0.3) is 0 Å². The normalized spacial score (nSPS) is 9.73. The topological polar surface area (TPSA) is 35.2 Å². The van der Waals surface area contributed by atoms with Crippen molar-refractivity contribution in [3.63, 3.8) is 0 Å². The smallest absolute Gasteiger partial charge is 0.133 e. The molecule has 0 atom stereocenters. The molecule has 0 saturated heterocycles. The summed E-state index contributed by atoms with van der Waals surface area (Å²) in [4.78, 5) is 0. The number of ether oxygens (including phenoxy) is 1. The lowest BCUT2D eigenvalue weighted by molar-refractivity contribution is 0.411. The van der Waals surface area contributed by atoms with Crippen LogP contribution in [0.4, 0.5) is 0 Å². The van der Waals surface area contributed by atoms with Crippen molar-refractivity contribution in [1.82, 2.24) is 0 Å². The molecule has 1 rings (SSSR count). The lowest BCUT2D eigenvalue weighted by Crippen LogP contribution is -1.96. The van der Waals surface area contributed by atoms with Crippen LogP contribution in [0.5, 0.6) is 5.75 Å². The largest absolute Gasteiger partial charge is 0.496 e. The van der Waals surface area contributed by atoms with Crippen molar-refractivity contribution in [3.8, 4) is 5.75 Å². The van der Waals surface area contributed by atoms with Crippen molar-refractivity contribution >= 4 is 15.9 Å². The molecule has 0 aromatic heterocycles. The molecule has 3 heteroatoms. The molecule has 0 fully saturated rings. The van der Waals surface area contributed by atoms with E-state index in [2.05, 4.69) is 15.9 Å². The minimum atomic E-state index is 0.545. The molecule has 1 aromatic rings. The highest BCUT2D eigenvalue weighted by molar-refractivity contribution is 9.10. The molecule has 0 aliphatic heterocycles. The first-order valence-electron chi connectivity index (χ1n) is 3.30. The zero-order chi connectivity index (χ0) is 8.27. The average Bonchev–Trinajstić information content (AvgIpc) is 2.05. The number of hydrogen-bond donors (Lipinski definition) is 1. The highest BCUT2D eigenvalue weighted by Crippen LogP contribution is 2.25. The minimum absolute atomic E-state index is 0.545. The van der Waals surface area contributed by atoms with E-state index in [9.17, 15) is 0 Å². The zero-order valence-electron chi connectivity index (χ0n) is 6.30. The summed E-state index contributed by atoms with van der Waals surface area (Å²) in [7, 11) is 1.64. The Labute approximate surface area is 74.5 Å². The molecule has 0 heterocycles. The fourth-order valence-electron chi connectivity index (χ4n) is 0.831. The molecule has 60 valence electrons. The van der Waals surface area contributed by atoms with Gasteiger partial charge in [-0.15, -0.1) is 0 Å². The minimum Gasteiger partial charge on any atom is -0.496 e. The number of nitrogens with two attached hydrogens (primary N) is 1. The Morgan fingerprint density at radius 2 is 2.27 bits per heavy atom. The Morgan fingerprint density at radius 1 is 1.55 bits per heavy atom. The van der Waals surface area contributed by atoms with Crippen LogP contribution < -0.4 is 10.5 Å². The molecular formula is C8H10BrNO. The Morgan fingerprint density at radius 3 is 2.82 bits per heavy atom. The zero-order valence-corrected chi connectivity index (χ0v) is 7.89. The van der Waals surface area contributed by atoms with Gasteiger partial charge < -0.3 is 10.5 Å². The first-order chi connectivity index (χ1) is 5.27. The van der Waals surface area contributed by atoms with Crippen LogP contribution in [0.1, 0.15) is 5.56 Å². The van der Waals surface area contributed by atoms with E-state index in [4.69, 9.17) is 10.5 Å². The summed E-state index contributed by atoms with van der Waals surface area (Å²) in [6.45, 7) is 0.545. The summed E-state index contributed by atoms with van der Waals surface area (Å²) in [6, 6.07) is 5.82. The molecule has 0 aliphatic carbocycles. The van der Waals surface area contributed by atoms with E-state index < -0.39 is 0 Å². The molecular weight excluding hydrogens is 206 g/mol. The Kier molecular flexibility index (Phi) is 2.91. The first-order valence-corrected chi connectivity index (χ1v) is 4.09. The van der Waals surface area contributed by atoms with E-state index in [1.807, 2.05) is 18.2 Å². The molecule has 0 saturated carbocycles. The van der Waals surface area contributed by atoms with Gasteiger partial charge in [-0.05, 0) is 33.6 Å². The van der Waals surface area contributed by atoms with Crippen LogP contribution in [0.15, 0.2) is 22.7 Å². The van der Waals surface area contributed by atoms with Gasteiger partial charge in [0.25, 0.3) is 0 Å². The van der Waals surface area contributed by atoms with Crippen molar-refractivity contribution in [3.05, 3.63) is 28.2 Å². The van der Waals surface area contributed by atoms with Crippen LogP contribution in [0.3, 0.4) is 0 Å². The first kappa shape index (κ1) is 8.56. The second-order valence-corrected chi connectivity index (χ2v) is 3.03. The van der Waals surface area contributed by atoms with Gasteiger partial charge >= 0.3 is 0 Å². The van der Waals surface area contributed by atoms with Crippen LogP contribution >= 0.6 is 15.9 Å². The predicted octanol–water partition coefficient (Wildman–Crippen LogP) is 1.92. The van der Waals surface area contributed by atoms with Gasteiger partial charge in [0.1, 0.15) is 5.75 Å². The lowest BCUT2D eigenvalue weighted by atomic mass is 10.2. The van der Waals surface area contributed by atoms with Crippen molar-refractivity contribution < 1.29 is 4.74 Å². The van der Waals surface area contributed by atoms with Crippen LogP contribution in [0, 0.1) is 0 Å². The van der Waals surface area contributed by atoms with Gasteiger partial charge in [0, 0.05) is 6.54 Å². The summed E-state index contributed by atoms with van der Waals surface area (Å²) in [6.07, 6.45) is 0. The molecule has 2 nitrogen and oxygen atoms in total. The number of methoxy groups -OCH3 is 1. The maximum absolute atomic E-state index is 5.45. The number of rotatable bonds is 2. The van der Waals surface area contributed by atoms with E-state index in [1.165, 1.54) is 0 Å². The summed E-state index contributed by atoms with van der Waals surface area (Å²) in [5, 5.41) is 0. The van der Waals surface area contributed by atoms with Crippen molar-refractivity contribution in [1.29, 1.82) is 0 Å². The molecule has 2 N–H and O–H groups in total. The number of halogens is 1. The third-order valence-electron chi connectivity index (χ3n) is 1.45. The Hall–Kier alpha value is -0.540. The third kappa shape index (κ3) is 1.94. The molecule has 11 heavy (non-hydrogen) atoms. The highest BCUT2D eigenvalue weighted by Gasteiger charge is 1.98. The fraction of sp³-hybridized carbons (Fsp3) is 0.250. The van der Waals surface area contributed by atoms with Crippen LogP contribution in [0.2, 0.25) is 0 Å². The average molecular weight is 216 g/mol. The van der Waals surface area contributed by atoms with Gasteiger partial charge in [0.15, 0.2) is 0 Å². The van der Waals surface area contributed by atoms with Gasteiger partial charge in [-0.25, -0.2) is 0 Å². The lowest BCUT2D eigenvalue weighted by Gasteiger charge is -2.04. The quantitative estimate of drug-likeness (QED) is 0.819. The highest BCUT2D eigenvalue weighted by atomic mass is 79.9. The van der Waals surface area contributed by atoms with Gasteiger partial charge in [-0.1, -0.05) is 6.07 Å². The maximum Gasteiger partial charge on any atom is 0.133 e. The van der Waals surface area contributed by atoms with Crippen molar-refractivity contribution in [2.45, 2.75) is 6.54 Å². The second kappa shape index (κ2) is 3.74. The van der Waals surface area contributed by atoms with E-state index >= 15 is 0 Å². The van der Waals surface area contributed by atoms with Gasteiger partial charge in [-0.2, -0.15) is 0 Å². The molecule has 0 aliphatic rings. The van der Waals surface area contributed by atoms with Crippen LogP contribution in [-0.4, -0.2) is 7.11 Å². The molecule has 0 unspecified atom stereocenters. The van der Waals surface area contributed by atoms with E-state index in [1.54, 1.807) is 7.11 Å². The number of hydrogen-bond acceptors (Lipinski definition) is 2. The van der Waals surface area contributed by atoms with E-state index in [-0.39, 0.29) is 0 Å². The predicted molar refractivity (Wildman–Crippen MR) is 48.6 cm³/mol. The summed E-state index contributed by atoms with van der Waals surface area (Å²) >= 11 is 3.35. The summed E-state index contributed by atoms with van der Waals surface area (Å²) in [5.41, 5.74) is 6.53.